The van der Waals surface area contributed by atoms with Crippen LogP contribution in [0.25, 0.3) is 0 Å². The lowest BCUT2D eigenvalue weighted by molar-refractivity contribution is 0.0313. The number of ether oxygens (including phenoxy) is 1. The first-order valence-corrected chi connectivity index (χ1v) is 8.54. The Bertz CT molecular complexity index is 700. The molecule has 0 spiro atoms. The van der Waals surface area contributed by atoms with Gasteiger partial charge in [0, 0.05) is 6.54 Å². The molecule has 6 nitrogen and oxygen atoms in total. The Hall–Kier alpha value is -2.34. The molecule has 0 bridgehead atoms. The third kappa shape index (κ3) is 4.60. The van der Waals surface area contributed by atoms with Gasteiger partial charge in [0.2, 0.25) is 0 Å². The van der Waals surface area contributed by atoms with Gasteiger partial charge >= 0.3 is 0 Å². The van der Waals surface area contributed by atoms with Crippen LogP contribution in [0.4, 0.5) is 0 Å². The fourth-order valence-electron chi connectivity index (χ4n) is 2.48. The minimum absolute atomic E-state index is 0.205. The highest BCUT2D eigenvalue weighted by Gasteiger charge is 2.24. The van der Waals surface area contributed by atoms with Crippen LogP contribution < -0.4 is 10.1 Å². The van der Waals surface area contributed by atoms with Gasteiger partial charge < -0.3 is 19.7 Å². The Balaban J connectivity index is 2.08. The molecule has 0 atom stereocenters. The van der Waals surface area contributed by atoms with E-state index in [0.717, 1.165) is 11.3 Å². The van der Waals surface area contributed by atoms with Gasteiger partial charge in [-0.05, 0) is 38.8 Å². The van der Waals surface area contributed by atoms with Crippen molar-refractivity contribution in [3.05, 3.63) is 46.8 Å². The van der Waals surface area contributed by atoms with Crippen LogP contribution in [0.15, 0.2) is 28.8 Å². The number of carbonyl (C=O) groups excluding carboxylic acids is 1. The number of benzene rings is 1. The van der Waals surface area contributed by atoms with Crippen molar-refractivity contribution in [2.45, 2.75) is 52.7 Å². The predicted molar refractivity (Wildman–Crippen MR) is 94.6 cm³/mol. The van der Waals surface area contributed by atoms with Gasteiger partial charge in [0.05, 0.1) is 22.4 Å². The number of amides is 1. The third-order valence-corrected chi connectivity index (χ3v) is 4.58. The molecule has 0 aliphatic carbocycles. The first kappa shape index (κ1) is 19.0. The van der Waals surface area contributed by atoms with E-state index in [1.54, 1.807) is 18.2 Å². The van der Waals surface area contributed by atoms with E-state index >= 15 is 0 Å². The summed E-state index contributed by atoms with van der Waals surface area (Å²) in [7, 11) is 0. The van der Waals surface area contributed by atoms with Crippen LogP contribution in [0.3, 0.4) is 0 Å². The average Bonchev–Trinajstić information content (AvgIpc) is 2.96. The van der Waals surface area contributed by atoms with Gasteiger partial charge in [0.1, 0.15) is 18.1 Å². The molecule has 0 fully saturated rings. The molecule has 2 N–H and O–H groups in total. The number of aliphatic hydroxyl groups is 1. The Morgan fingerprint density at radius 2 is 1.96 bits per heavy atom. The first-order valence-electron chi connectivity index (χ1n) is 8.54. The molecule has 2 rings (SSSR count). The molecule has 136 valence electrons. The van der Waals surface area contributed by atoms with Crippen LogP contribution in [-0.2, 0) is 6.61 Å². The van der Waals surface area contributed by atoms with Gasteiger partial charge in [-0.15, -0.1) is 0 Å². The molecule has 1 amide bonds. The number of nitrogens with zero attached hydrogens (tertiary/aromatic N) is 1. The van der Waals surface area contributed by atoms with Crippen molar-refractivity contribution in [3.8, 4) is 5.75 Å². The van der Waals surface area contributed by atoms with E-state index in [-0.39, 0.29) is 19.1 Å². The van der Waals surface area contributed by atoms with Crippen molar-refractivity contribution < 1.29 is 19.2 Å². The normalized spacial score (nSPS) is 11.4. The smallest absolute Gasteiger partial charge is 0.255 e. The van der Waals surface area contributed by atoms with E-state index in [1.807, 2.05) is 33.8 Å². The number of aromatic nitrogens is 1. The maximum Gasteiger partial charge on any atom is 0.255 e. The number of para-hydroxylation sites is 1. The summed E-state index contributed by atoms with van der Waals surface area (Å²) >= 11 is 0. The van der Waals surface area contributed by atoms with Gasteiger partial charge in [0.25, 0.3) is 5.91 Å². The molecule has 0 aliphatic rings. The molecule has 0 radical (unpaired) electrons. The van der Waals surface area contributed by atoms with E-state index in [1.165, 1.54) is 0 Å². The molecule has 0 aliphatic heterocycles. The van der Waals surface area contributed by atoms with E-state index in [0.29, 0.717) is 29.9 Å². The average molecular weight is 346 g/mol. The molecule has 0 saturated carbocycles. The molecule has 0 saturated heterocycles. The van der Waals surface area contributed by atoms with Crippen LogP contribution >= 0.6 is 0 Å². The molecular formula is C19H26N2O4. The van der Waals surface area contributed by atoms with Crippen molar-refractivity contribution in [1.82, 2.24) is 10.5 Å². The zero-order valence-corrected chi connectivity index (χ0v) is 15.3. The molecule has 0 unspecified atom stereocenters. The second kappa shape index (κ2) is 8.16. The zero-order valence-electron chi connectivity index (χ0n) is 15.3. The predicted octanol–water partition coefficient (Wildman–Crippen LogP) is 3.15. The monoisotopic (exact) mass is 346 g/mol. The topological polar surface area (TPSA) is 84.6 Å². The number of hydrogen-bond acceptors (Lipinski definition) is 5. The molecular weight excluding hydrogens is 320 g/mol. The van der Waals surface area contributed by atoms with Crippen molar-refractivity contribution in [2.75, 3.05) is 6.54 Å². The second-order valence-electron chi connectivity index (χ2n) is 6.20. The highest BCUT2D eigenvalue weighted by Crippen LogP contribution is 2.22. The maximum absolute atomic E-state index is 12.5. The van der Waals surface area contributed by atoms with Crippen molar-refractivity contribution in [3.63, 3.8) is 0 Å². The van der Waals surface area contributed by atoms with Gasteiger partial charge in [-0.25, -0.2) is 0 Å². The summed E-state index contributed by atoms with van der Waals surface area (Å²) in [5.41, 5.74) is 1.20. The summed E-state index contributed by atoms with van der Waals surface area (Å²) in [5, 5.41) is 17.0. The summed E-state index contributed by atoms with van der Waals surface area (Å²) in [6.45, 7) is 7.96. The number of rotatable bonds is 8. The summed E-state index contributed by atoms with van der Waals surface area (Å²) in [4.78, 5) is 12.5. The van der Waals surface area contributed by atoms with E-state index in [9.17, 15) is 9.90 Å². The summed E-state index contributed by atoms with van der Waals surface area (Å²) in [5.74, 6) is 0.918. The zero-order chi connectivity index (χ0) is 18.4. The van der Waals surface area contributed by atoms with Crippen molar-refractivity contribution in [2.24, 2.45) is 0 Å². The van der Waals surface area contributed by atoms with E-state index in [2.05, 4.69) is 10.5 Å². The maximum atomic E-state index is 12.5. The SMILES string of the molecule is CCC(O)(CC)CNC(=O)c1ccccc1OCc1c(C)noc1C. The van der Waals surface area contributed by atoms with Gasteiger partial charge in [0.15, 0.2) is 0 Å². The molecule has 1 aromatic carbocycles. The summed E-state index contributed by atoms with van der Waals surface area (Å²) < 4.78 is 11.0. The Kier molecular flexibility index (Phi) is 6.20. The fraction of sp³-hybridized carbons (Fsp3) is 0.474. The van der Waals surface area contributed by atoms with Gasteiger partial charge in [-0.1, -0.05) is 31.1 Å². The van der Waals surface area contributed by atoms with Crippen LogP contribution in [0.5, 0.6) is 5.75 Å². The van der Waals surface area contributed by atoms with E-state index in [4.69, 9.17) is 9.26 Å². The lowest BCUT2D eigenvalue weighted by atomic mass is 9.97. The number of nitrogens with one attached hydrogen (secondary N) is 1. The minimum atomic E-state index is -0.887. The minimum Gasteiger partial charge on any atom is -0.488 e. The molecule has 2 aromatic rings. The number of carbonyl (C=O) groups is 1. The second-order valence-corrected chi connectivity index (χ2v) is 6.20. The Morgan fingerprint density at radius 3 is 2.56 bits per heavy atom. The summed E-state index contributed by atoms with van der Waals surface area (Å²) in [6.07, 6.45) is 1.15. The molecule has 6 heteroatoms. The standard InChI is InChI=1S/C19H26N2O4/c1-5-19(23,6-2)12-20-18(22)15-9-7-8-10-17(15)24-11-16-13(3)21-25-14(16)4/h7-10,23H,5-6,11-12H2,1-4H3,(H,20,22). The Morgan fingerprint density at radius 1 is 1.28 bits per heavy atom. The van der Waals surface area contributed by atoms with E-state index < -0.39 is 5.60 Å². The van der Waals surface area contributed by atoms with Crippen molar-refractivity contribution in [1.29, 1.82) is 0 Å². The van der Waals surface area contributed by atoms with Crippen LogP contribution in [-0.4, -0.2) is 28.3 Å². The Labute approximate surface area is 148 Å². The lowest BCUT2D eigenvalue weighted by Crippen LogP contribution is -2.42. The number of aryl methyl sites for hydroxylation is 2. The third-order valence-electron chi connectivity index (χ3n) is 4.58. The first-order chi connectivity index (χ1) is 11.9. The van der Waals surface area contributed by atoms with Crippen molar-refractivity contribution >= 4 is 5.91 Å². The van der Waals surface area contributed by atoms with Gasteiger partial charge in [-0.3, -0.25) is 4.79 Å². The highest BCUT2D eigenvalue weighted by molar-refractivity contribution is 5.96. The molecule has 1 aromatic heterocycles. The number of hydrogen-bond donors (Lipinski definition) is 2. The van der Waals surface area contributed by atoms with Gasteiger partial charge in [-0.2, -0.15) is 0 Å². The quantitative estimate of drug-likeness (QED) is 0.767. The molecule has 1 heterocycles. The van der Waals surface area contributed by atoms with Crippen LogP contribution in [0.1, 0.15) is 54.1 Å². The largest absolute Gasteiger partial charge is 0.488 e. The highest BCUT2D eigenvalue weighted by atomic mass is 16.5. The lowest BCUT2D eigenvalue weighted by Gasteiger charge is -2.25. The summed E-state index contributed by atoms with van der Waals surface area (Å²) in [6, 6.07) is 7.05. The molecule has 25 heavy (non-hydrogen) atoms. The van der Waals surface area contributed by atoms with Crippen LogP contribution in [0.2, 0.25) is 0 Å². The van der Waals surface area contributed by atoms with Crippen LogP contribution in [0, 0.1) is 13.8 Å². The fourth-order valence-corrected chi connectivity index (χ4v) is 2.48.